The van der Waals surface area contributed by atoms with Gasteiger partial charge in [-0.2, -0.15) is 13.2 Å². The van der Waals surface area contributed by atoms with Gasteiger partial charge in [-0.3, -0.25) is 0 Å². The monoisotopic (exact) mass is 303 g/mol. The van der Waals surface area contributed by atoms with Crippen LogP contribution in [0.1, 0.15) is 35.0 Å². The lowest BCUT2D eigenvalue weighted by Gasteiger charge is -2.15. The van der Waals surface area contributed by atoms with Crippen LogP contribution in [0.15, 0.2) is 6.20 Å². The summed E-state index contributed by atoms with van der Waals surface area (Å²) in [5, 5.41) is -1.05. The van der Waals surface area contributed by atoms with Crippen molar-refractivity contribution in [3.63, 3.8) is 0 Å². The van der Waals surface area contributed by atoms with Gasteiger partial charge in [0.05, 0.1) is 22.8 Å². The molecule has 0 saturated carbocycles. The Hall–Kier alpha value is -1.44. The fraction of sp³-hybridized carbons (Fsp3) is 0.400. The average Bonchev–Trinajstić information content (AvgIpc) is 2.26. The normalized spacial score (nSPS) is 11.8. The lowest BCUT2D eigenvalue weighted by molar-refractivity contribution is -0.139. The predicted molar refractivity (Wildman–Crippen MR) is 55.2 cm³/mol. The number of pyridine rings is 1. The summed E-state index contributed by atoms with van der Waals surface area (Å²) in [5.74, 6) is -1.16. The van der Waals surface area contributed by atoms with E-state index in [-0.39, 0.29) is 12.8 Å². The molecule has 0 unspecified atom stereocenters. The Labute approximate surface area is 109 Å². The molecule has 0 fully saturated rings. The van der Waals surface area contributed by atoms with E-state index in [4.69, 9.17) is 11.6 Å². The van der Waals surface area contributed by atoms with Crippen LogP contribution in [0.3, 0.4) is 0 Å². The number of halogens is 6. The standard InChI is InChI=1S/C10H7ClF5NO2/c1-2-19-9(18)7-6(11)5(8(12)13)4(3-17-7)10(14,15)16/h3,8H,2H2,1H3. The molecule has 1 heterocycles. The summed E-state index contributed by atoms with van der Waals surface area (Å²) in [6.45, 7) is 1.34. The minimum Gasteiger partial charge on any atom is -0.461 e. The lowest BCUT2D eigenvalue weighted by Crippen LogP contribution is -2.15. The van der Waals surface area contributed by atoms with Gasteiger partial charge in [-0.15, -0.1) is 0 Å². The molecule has 1 aromatic rings. The van der Waals surface area contributed by atoms with Crippen molar-refractivity contribution in [1.82, 2.24) is 4.98 Å². The molecule has 9 heteroatoms. The molecular weight excluding hydrogens is 297 g/mol. The minimum atomic E-state index is -5.05. The molecule has 0 radical (unpaired) electrons. The van der Waals surface area contributed by atoms with Crippen LogP contribution in [0.25, 0.3) is 0 Å². The molecule has 106 valence electrons. The zero-order valence-electron chi connectivity index (χ0n) is 9.39. The maximum absolute atomic E-state index is 12.7. The summed E-state index contributed by atoms with van der Waals surface area (Å²) in [4.78, 5) is 14.5. The second-order valence-electron chi connectivity index (χ2n) is 3.27. The number of carbonyl (C=O) groups is 1. The van der Waals surface area contributed by atoms with Crippen molar-refractivity contribution in [2.75, 3.05) is 6.61 Å². The summed E-state index contributed by atoms with van der Waals surface area (Å²) in [5.41, 5.74) is -3.93. The zero-order valence-corrected chi connectivity index (χ0v) is 10.1. The van der Waals surface area contributed by atoms with E-state index >= 15 is 0 Å². The van der Waals surface area contributed by atoms with Crippen molar-refractivity contribution in [1.29, 1.82) is 0 Å². The molecule has 0 aliphatic heterocycles. The van der Waals surface area contributed by atoms with Crippen molar-refractivity contribution in [3.05, 3.63) is 28.0 Å². The van der Waals surface area contributed by atoms with E-state index in [1.165, 1.54) is 6.92 Å². The molecular formula is C10H7ClF5NO2. The Balaban J connectivity index is 3.44. The van der Waals surface area contributed by atoms with E-state index in [9.17, 15) is 26.7 Å². The van der Waals surface area contributed by atoms with Gasteiger partial charge in [0.25, 0.3) is 6.43 Å². The first kappa shape index (κ1) is 15.6. The van der Waals surface area contributed by atoms with Crippen LogP contribution in [0.4, 0.5) is 22.0 Å². The van der Waals surface area contributed by atoms with Crippen molar-refractivity contribution < 1.29 is 31.5 Å². The molecule has 0 spiro atoms. The molecule has 0 bridgehead atoms. The van der Waals surface area contributed by atoms with Crippen molar-refractivity contribution >= 4 is 17.6 Å². The smallest absolute Gasteiger partial charge is 0.418 e. The van der Waals surface area contributed by atoms with Crippen molar-refractivity contribution in [2.24, 2.45) is 0 Å². The minimum absolute atomic E-state index is 0.0954. The van der Waals surface area contributed by atoms with Gasteiger partial charge in [0.2, 0.25) is 0 Å². The third-order valence-corrected chi connectivity index (χ3v) is 2.43. The third kappa shape index (κ3) is 3.31. The van der Waals surface area contributed by atoms with Crippen LogP contribution in [0.2, 0.25) is 5.02 Å². The molecule has 0 amide bonds. The molecule has 0 aromatic carbocycles. The van der Waals surface area contributed by atoms with Crippen LogP contribution < -0.4 is 0 Å². The number of ether oxygens (including phenoxy) is 1. The number of esters is 1. The van der Waals surface area contributed by atoms with E-state index < -0.39 is 40.4 Å². The van der Waals surface area contributed by atoms with Crippen LogP contribution in [-0.2, 0) is 10.9 Å². The van der Waals surface area contributed by atoms with Crippen LogP contribution in [0, 0.1) is 0 Å². The molecule has 19 heavy (non-hydrogen) atoms. The molecule has 0 aliphatic rings. The highest BCUT2D eigenvalue weighted by Gasteiger charge is 2.39. The van der Waals surface area contributed by atoms with Gasteiger partial charge in [0.1, 0.15) is 0 Å². The summed E-state index contributed by atoms with van der Waals surface area (Å²) in [6.07, 6.45) is -8.41. The molecule has 0 N–H and O–H groups in total. The van der Waals surface area contributed by atoms with Crippen LogP contribution in [0.5, 0.6) is 0 Å². The summed E-state index contributed by atoms with van der Waals surface area (Å²) < 4.78 is 67.4. The maximum Gasteiger partial charge on any atom is 0.418 e. The Kier molecular flexibility index (Phi) is 4.67. The molecule has 0 saturated heterocycles. The highest BCUT2D eigenvalue weighted by molar-refractivity contribution is 6.34. The third-order valence-electron chi connectivity index (χ3n) is 2.05. The second kappa shape index (κ2) is 5.68. The summed E-state index contributed by atoms with van der Waals surface area (Å²) in [7, 11) is 0. The fourth-order valence-electron chi connectivity index (χ4n) is 1.28. The first-order valence-electron chi connectivity index (χ1n) is 4.91. The fourth-order valence-corrected chi connectivity index (χ4v) is 1.59. The summed E-state index contributed by atoms with van der Waals surface area (Å²) >= 11 is 5.40. The SMILES string of the molecule is CCOC(=O)c1ncc(C(F)(F)F)c(C(F)F)c1Cl. The van der Waals surface area contributed by atoms with Gasteiger partial charge in [0, 0.05) is 6.20 Å². The molecule has 1 aromatic heterocycles. The Morgan fingerprint density at radius 2 is 2.05 bits per heavy atom. The number of nitrogens with zero attached hydrogens (tertiary/aromatic N) is 1. The number of aromatic nitrogens is 1. The topological polar surface area (TPSA) is 39.2 Å². The van der Waals surface area contributed by atoms with Gasteiger partial charge in [-0.1, -0.05) is 11.6 Å². The Morgan fingerprint density at radius 1 is 1.47 bits per heavy atom. The first-order valence-corrected chi connectivity index (χ1v) is 5.28. The quantitative estimate of drug-likeness (QED) is 0.628. The number of carbonyl (C=O) groups excluding carboxylic acids is 1. The predicted octanol–water partition coefficient (Wildman–Crippen LogP) is 3.87. The Bertz CT molecular complexity index is 490. The molecule has 3 nitrogen and oxygen atoms in total. The van der Waals surface area contributed by atoms with Gasteiger partial charge in [0.15, 0.2) is 5.69 Å². The number of hydrogen-bond acceptors (Lipinski definition) is 3. The highest BCUT2D eigenvalue weighted by atomic mass is 35.5. The molecule has 1 rings (SSSR count). The molecule has 0 aliphatic carbocycles. The van der Waals surface area contributed by atoms with Gasteiger partial charge < -0.3 is 4.74 Å². The van der Waals surface area contributed by atoms with E-state index in [0.29, 0.717) is 0 Å². The number of alkyl halides is 5. The highest BCUT2D eigenvalue weighted by Crippen LogP contribution is 2.40. The summed E-state index contributed by atoms with van der Waals surface area (Å²) in [6, 6.07) is 0. The second-order valence-corrected chi connectivity index (χ2v) is 3.65. The van der Waals surface area contributed by atoms with Crippen molar-refractivity contribution in [3.8, 4) is 0 Å². The lowest BCUT2D eigenvalue weighted by atomic mass is 10.1. The number of rotatable bonds is 3. The average molecular weight is 304 g/mol. The van der Waals surface area contributed by atoms with Crippen LogP contribution in [-0.4, -0.2) is 17.6 Å². The number of hydrogen-bond donors (Lipinski definition) is 0. The van der Waals surface area contributed by atoms with Gasteiger partial charge >= 0.3 is 12.1 Å². The van der Waals surface area contributed by atoms with E-state index in [1.54, 1.807) is 0 Å². The van der Waals surface area contributed by atoms with Crippen LogP contribution >= 0.6 is 11.6 Å². The Morgan fingerprint density at radius 3 is 2.47 bits per heavy atom. The van der Waals surface area contributed by atoms with Gasteiger partial charge in [-0.25, -0.2) is 18.6 Å². The zero-order chi connectivity index (χ0) is 14.8. The van der Waals surface area contributed by atoms with E-state index in [0.717, 1.165) is 0 Å². The van der Waals surface area contributed by atoms with Gasteiger partial charge in [-0.05, 0) is 6.92 Å². The van der Waals surface area contributed by atoms with Crippen molar-refractivity contribution in [2.45, 2.75) is 19.5 Å². The van der Waals surface area contributed by atoms with E-state index in [2.05, 4.69) is 9.72 Å². The largest absolute Gasteiger partial charge is 0.461 e. The maximum atomic E-state index is 12.7. The first-order chi connectivity index (χ1) is 8.70. The van der Waals surface area contributed by atoms with E-state index in [1.807, 2.05) is 0 Å². The molecule has 0 atom stereocenters.